The Bertz CT molecular complexity index is 446. The predicted octanol–water partition coefficient (Wildman–Crippen LogP) is 4.63. The Hall–Kier alpha value is -0.830. The smallest absolute Gasteiger partial charge is 0.235 e. The number of nitrogens with one attached hydrogen (secondary N) is 1. The zero-order chi connectivity index (χ0) is 13.7. The molecule has 1 aliphatic heterocycles. The number of hydrogen-bond acceptors (Lipinski definition) is 1. The molecule has 0 aliphatic carbocycles. The lowest BCUT2D eigenvalue weighted by Gasteiger charge is -2.26. The maximum Gasteiger partial charge on any atom is 0.235 e. The number of carbonyl (C=O) groups is 1. The van der Waals surface area contributed by atoms with Crippen molar-refractivity contribution in [3.05, 3.63) is 29.8 Å². The fraction of sp³-hybridized carbons (Fsp3) is 0.562. The molecular formula is C16H22BrNO. The summed E-state index contributed by atoms with van der Waals surface area (Å²) in [5, 5.41) is 4.12. The molecule has 0 fully saturated rings. The van der Waals surface area contributed by atoms with Crippen LogP contribution in [0.15, 0.2) is 24.3 Å². The molecule has 19 heavy (non-hydrogen) atoms. The normalized spacial score (nSPS) is 21.3. The minimum atomic E-state index is -0.287. The van der Waals surface area contributed by atoms with E-state index in [-0.39, 0.29) is 11.3 Å². The van der Waals surface area contributed by atoms with Gasteiger partial charge < -0.3 is 5.32 Å². The molecule has 0 bridgehead atoms. The summed E-state index contributed by atoms with van der Waals surface area (Å²) in [7, 11) is 0. The molecule has 0 saturated heterocycles. The van der Waals surface area contributed by atoms with Gasteiger partial charge in [0.1, 0.15) is 0 Å². The topological polar surface area (TPSA) is 29.1 Å². The zero-order valence-electron chi connectivity index (χ0n) is 11.5. The number of rotatable bonds is 7. The van der Waals surface area contributed by atoms with Crippen molar-refractivity contribution in [2.75, 3.05) is 10.6 Å². The first-order chi connectivity index (χ1) is 9.24. The number of anilines is 1. The third-order valence-electron chi connectivity index (χ3n) is 4.22. The summed E-state index contributed by atoms with van der Waals surface area (Å²) >= 11 is 3.46. The van der Waals surface area contributed by atoms with Crippen molar-refractivity contribution in [3.63, 3.8) is 0 Å². The highest BCUT2D eigenvalue weighted by Gasteiger charge is 2.44. The number of benzene rings is 1. The molecule has 2 nitrogen and oxygen atoms in total. The Morgan fingerprint density at radius 1 is 1.16 bits per heavy atom. The van der Waals surface area contributed by atoms with Gasteiger partial charge in [0, 0.05) is 11.0 Å². The Balaban J connectivity index is 2.07. The van der Waals surface area contributed by atoms with Gasteiger partial charge in [-0.3, -0.25) is 4.79 Å². The molecule has 1 aromatic rings. The Labute approximate surface area is 124 Å². The molecule has 1 atom stereocenters. The summed E-state index contributed by atoms with van der Waals surface area (Å²) in [5.41, 5.74) is 1.92. The molecular weight excluding hydrogens is 302 g/mol. The molecule has 1 amide bonds. The molecule has 0 radical (unpaired) electrons. The van der Waals surface area contributed by atoms with Crippen LogP contribution in [-0.2, 0) is 10.2 Å². The number of fused-ring (bicyclic) bond motifs is 1. The fourth-order valence-electron chi connectivity index (χ4n) is 3.02. The number of alkyl halides is 1. The molecule has 1 aliphatic rings. The second-order valence-electron chi connectivity index (χ2n) is 5.29. The number of amides is 1. The van der Waals surface area contributed by atoms with Gasteiger partial charge in [-0.15, -0.1) is 0 Å². The van der Waals surface area contributed by atoms with Crippen molar-refractivity contribution in [1.82, 2.24) is 0 Å². The first-order valence-electron chi connectivity index (χ1n) is 7.21. The predicted molar refractivity (Wildman–Crippen MR) is 83.9 cm³/mol. The molecule has 1 N–H and O–H groups in total. The lowest BCUT2D eigenvalue weighted by molar-refractivity contribution is -0.121. The van der Waals surface area contributed by atoms with E-state index in [2.05, 4.69) is 34.2 Å². The number of hydrogen-bond donors (Lipinski definition) is 1. The van der Waals surface area contributed by atoms with Gasteiger partial charge in [-0.1, -0.05) is 60.3 Å². The van der Waals surface area contributed by atoms with Crippen molar-refractivity contribution in [2.45, 2.75) is 50.9 Å². The highest BCUT2D eigenvalue weighted by atomic mass is 79.9. The van der Waals surface area contributed by atoms with Gasteiger partial charge in [-0.2, -0.15) is 0 Å². The summed E-state index contributed by atoms with van der Waals surface area (Å²) in [6.07, 6.45) is 6.66. The summed E-state index contributed by atoms with van der Waals surface area (Å²) in [5.74, 6) is 0.191. The first kappa shape index (κ1) is 14.6. The number of para-hydroxylation sites is 1. The zero-order valence-corrected chi connectivity index (χ0v) is 13.1. The Morgan fingerprint density at radius 3 is 2.63 bits per heavy atom. The van der Waals surface area contributed by atoms with Crippen LogP contribution in [0.4, 0.5) is 5.69 Å². The van der Waals surface area contributed by atoms with E-state index < -0.39 is 0 Å². The van der Waals surface area contributed by atoms with Gasteiger partial charge in [-0.25, -0.2) is 0 Å². The van der Waals surface area contributed by atoms with Gasteiger partial charge in [-0.05, 0) is 30.9 Å². The Morgan fingerprint density at radius 2 is 1.89 bits per heavy atom. The molecule has 1 unspecified atom stereocenters. The molecule has 0 spiro atoms. The standard InChI is InChI=1S/C16H22BrNO/c1-2-16(11-7-3-4-8-12-17)13-9-5-6-10-14(13)18-15(16)19/h5-6,9-10H,2-4,7-8,11-12H2,1H3,(H,18,19). The van der Waals surface area contributed by atoms with E-state index in [1.54, 1.807) is 0 Å². The second-order valence-corrected chi connectivity index (χ2v) is 6.08. The molecule has 1 heterocycles. The van der Waals surface area contributed by atoms with Crippen molar-refractivity contribution < 1.29 is 4.79 Å². The highest BCUT2D eigenvalue weighted by molar-refractivity contribution is 9.09. The van der Waals surface area contributed by atoms with E-state index in [0.717, 1.165) is 30.3 Å². The molecule has 1 aromatic carbocycles. The van der Waals surface area contributed by atoms with Crippen LogP contribution < -0.4 is 5.32 Å². The highest BCUT2D eigenvalue weighted by Crippen LogP contribution is 2.43. The average molecular weight is 324 g/mol. The maximum absolute atomic E-state index is 12.4. The molecule has 104 valence electrons. The quantitative estimate of drug-likeness (QED) is 0.575. The van der Waals surface area contributed by atoms with Crippen molar-refractivity contribution in [2.24, 2.45) is 0 Å². The molecule has 0 aromatic heterocycles. The SMILES string of the molecule is CCC1(CCCCCCBr)C(=O)Nc2ccccc21. The Kier molecular flexibility index (Phi) is 5.03. The van der Waals surface area contributed by atoms with Crippen molar-refractivity contribution >= 4 is 27.5 Å². The monoisotopic (exact) mass is 323 g/mol. The minimum absolute atomic E-state index is 0.191. The van der Waals surface area contributed by atoms with E-state index in [1.165, 1.54) is 24.8 Å². The van der Waals surface area contributed by atoms with Crippen molar-refractivity contribution in [1.29, 1.82) is 0 Å². The van der Waals surface area contributed by atoms with Gasteiger partial charge in [0.25, 0.3) is 0 Å². The van der Waals surface area contributed by atoms with Gasteiger partial charge in [0.15, 0.2) is 0 Å². The third-order valence-corrected chi connectivity index (χ3v) is 4.78. The van der Waals surface area contributed by atoms with E-state index in [0.29, 0.717) is 0 Å². The second kappa shape index (κ2) is 6.56. The van der Waals surface area contributed by atoms with Crippen LogP contribution in [0.25, 0.3) is 0 Å². The van der Waals surface area contributed by atoms with E-state index in [1.807, 2.05) is 18.2 Å². The summed E-state index contributed by atoms with van der Waals surface area (Å²) in [6, 6.07) is 8.14. The lowest BCUT2D eigenvalue weighted by atomic mass is 9.75. The van der Waals surface area contributed by atoms with E-state index in [9.17, 15) is 4.79 Å². The fourth-order valence-corrected chi connectivity index (χ4v) is 3.42. The molecule has 0 saturated carbocycles. The van der Waals surface area contributed by atoms with Gasteiger partial charge in [0.2, 0.25) is 5.91 Å². The average Bonchev–Trinajstić information content (AvgIpc) is 2.71. The summed E-state index contributed by atoms with van der Waals surface area (Å²) < 4.78 is 0. The first-order valence-corrected chi connectivity index (χ1v) is 8.33. The maximum atomic E-state index is 12.4. The van der Waals surface area contributed by atoms with Crippen LogP contribution in [-0.4, -0.2) is 11.2 Å². The largest absolute Gasteiger partial charge is 0.325 e. The van der Waals surface area contributed by atoms with Gasteiger partial charge in [0.05, 0.1) is 5.41 Å². The van der Waals surface area contributed by atoms with Crippen LogP contribution >= 0.6 is 15.9 Å². The van der Waals surface area contributed by atoms with Crippen LogP contribution in [0.5, 0.6) is 0 Å². The lowest BCUT2D eigenvalue weighted by Crippen LogP contribution is -2.33. The van der Waals surface area contributed by atoms with Gasteiger partial charge >= 0.3 is 0 Å². The van der Waals surface area contributed by atoms with Crippen LogP contribution in [0.2, 0.25) is 0 Å². The van der Waals surface area contributed by atoms with E-state index in [4.69, 9.17) is 0 Å². The molecule has 3 heteroatoms. The summed E-state index contributed by atoms with van der Waals surface area (Å²) in [6.45, 7) is 2.13. The van der Waals surface area contributed by atoms with Crippen molar-refractivity contribution in [3.8, 4) is 0 Å². The van der Waals surface area contributed by atoms with Crippen LogP contribution in [0, 0.1) is 0 Å². The summed E-state index contributed by atoms with van der Waals surface area (Å²) in [4.78, 5) is 12.4. The number of halogens is 1. The number of unbranched alkanes of at least 4 members (excludes halogenated alkanes) is 3. The van der Waals surface area contributed by atoms with E-state index >= 15 is 0 Å². The van der Waals surface area contributed by atoms with Crippen LogP contribution in [0.3, 0.4) is 0 Å². The molecule has 2 rings (SSSR count). The van der Waals surface area contributed by atoms with Crippen LogP contribution in [0.1, 0.15) is 51.0 Å². The number of carbonyl (C=O) groups excluding carboxylic acids is 1. The minimum Gasteiger partial charge on any atom is -0.325 e. The third kappa shape index (κ3) is 2.86.